The molecule has 0 amide bonds. The lowest BCUT2D eigenvalue weighted by Gasteiger charge is -1.96. The molecular formula is C6H5BrN2O2. The predicted molar refractivity (Wildman–Crippen MR) is 43.3 cm³/mol. The standard InChI is InChI=1S/C6H5BrN2O2/c7-3-1-4(6(10)11)9-5(8)2-3/h1-2H,(H2,8,9)(H,10,11). The molecule has 3 N–H and O–H groups in total. The maximum absolute atomic E-state index is 10.4. The number of halogens is 1. The lowest BCUT2D eigenvalue weighted by Crippen LogP contribution is -2.02. The van der Waals surface area contributed by atoms with Crippen molar-refractivity contribution in [1.29, 1.82) is 0 Å². The number of carboxylic acids is 1. The van der Waals surface area contributed by atoms with Crippen LogP contribution in [-0.4, -0.2) is 16.1 Å². The van der Waals surface area contributed by atoms with Gasteiger partial charge >= 0.3 is 5.97 Å². The van der Waals surface area contributed by atoms with Gasteiger partial charge in [-0.3, -0.25) is 0 Å². The number of carbonyl (C=O) groups is 1. The number of rotatable bonds is 1. The molecular weight excluding hydrogens is 212 g/mol. The number of aromatic carboxylic acids is 1. The largest absolute Gasteiger partial charge is 0.477 e. The lowest BCUT2D eigenvalue weighted by atomic mass is 10.3. The Morgan fingerprint density at radius 1 is 1.64 bits per heavy atom. The van der Waals surface area contributed by atoms with Crippen molar-refractivity contribution in [2.75, 3.05) is 5.73 Å². The van der Waals surface area contributed by atoms with Crippen LogP contribution < -0.4 is 5.73 Å². The summed E-state index contributed by atoms with van der Waals surface area (Å²) < 4.78 is 0.613. The van der Waals surface area contributed by atoms with Gasteiger partial charge in [0.15, 0.2) is 5.69 Å². The average molecular weight is 217 g/mol. The van der Waals surface area contributed by atoms with Crippen molar-refractivity contribution in [3.63, 3.8) is 0 Å². The highest BCUT2D eigenvalue weighted by molar-refractivity contribution is 9.10. The monoisotopic (exact) mass is 216 g/mol. The second-order valence-electron chi connectivity index (χ2n) is 1.90. The van der Waals surface area contributed by atoms with E-state index in [1.807, 2.05) is 0 Å². The molecule has 1 aromatic rings. The van der Waals surface area contributed by atoms with E-state index in [4.69, 9.17) is 10.8 Å². The zero-order chi connectivity index (χ0) is 8.43. The third-order valence-electron chi connectivity index (χ3n) is 1.03. The van der Waals surface area contributed by atoms with Gasteiger partial charge in [0.2, 0.25) is 0 Å². The van der Waals surface area contributed by atoms with Crippen molar-refractivity contribution in [2.45, 2.75) is 0 Å². The van der Waals surface area contributed by atoms with Crippen LogP contribution in [0.3, 0.4) is 0 Å². The molecule has 5 heteroatoms. The lowest BCUT2D eigenvalue weighted by molar-refractivity contribution is 0.0690. The fourth-order valence-corrected chi connectivity index (χ4v) is 1.08. The Bertz CT molecular complexity index is 280. The maximum atomic E-state index is 10.4. The summed E-state index contributed by atoms with van der Waals surface area (Å²) in [6.07, 6.45) is 0. The second-order valence-corrected chi connectivity index (χ2v) is 2.82. The van der Waals surface area contributed by atoms with Crippen molar-refractivity contribution < 1.29 is 9.90 Å². The van der Waals surface area contributed by atoms with Gasteiger partial charge < -0.3 is 10.8 Å². The number of nitrogens with two attached hydrogens (primary N) is 1. The van der Waals surface area contributed by atoms with Gasteiger partial charge in [-0.05, 0) is 12.1 Å². The number of nitrogen functional groups attached to an aromatic ring is 1. The molecule has 0 bridgehead atoms. The third kappa shape index (κ3) is 1.91. The molecule has 11 heavy (non-hydrogen) atoms. The van der Waals surface area contributed by atoms with E-state index in [0.717, 1.165) is 0 Å². The number of carboxylic acid groups (broad SMARTS) is 1. The topological polar surface area (TPSA) is 76.2 Å². The molecule has 0 saturated carbocycles. The number of aromatic nitrogens is 1. The molecule has 0 unspecified atom stereocenters. The van der Waals surface area contributed by atoms with E-state index in [0.29, 0.717) is 4.47 Å². The minimum Gasteiger partial charge on any atom is -0.477 e. The summed E-state index contributed by atoms with van der Waals surface area (Å²) in [5.74, 6) is -0.894. The first-order valence-corrected chi connectivity index (χ1v) is 3.55. The highest BCUT2D eigenvalue weighted by atomic mass is 79.9. The molecule has 0 aliphatic rings. The smallest absolute Gasteiger partial charge is 0.354 e. The predicted octanol–water partition coefficient (Wildman–Crippen LogP) is 1.12. The molecule has 0 spiro atoms. The average Bonchev–Trinajstić information content (AvgIpc) is 1.85. The first-order valence-electron chi connectivity index (χ1n) is 2.76. The number of hydrogen-bond donors (Lipinski definition) is 2. The first-order chi connectivity index (χ1) is 5.09. The molecule has 0 aromatic carbocycles. The van der Waals surface area contributed by atoms with Gasteiger partial charge in [-0.2, -0.15) is 0 Å². The number of hydrogen-bond acceptors (Lipinski definition) is 3. The van der Waals surface area contributed by atoms with Gasteiger partial charge in [0, 0.05) is 4.47 Å². The molecule has 0 aliphatic carbocycles. The molecule has 0 fully saturated rings. The fraction of sp³-hybridized carbons (Fsp3) is 0. The Labute approximate surface area is 71.2 Å². The van der Waals surface area contributed by atoms with Crippen LogP contribution in [0.25, 0.3) is 0 Å². The van der Waals surface area contributed by atoms with Gasteiger partial charge in [0.1, 0.15) is 5.82 Å². The normalized spacial score (nSPS) is 9.55. The van der Waals surface area contributed by atoms with E-state index in [1.54, 1.807) is 0 Å². The van der Waals surface area contributed by atoms with Crippen LogP contribution in [0.1, 0.15) is 10.5 Å². The van der Waals surface area contributed by atoms with Crippen LogP contribution in [0, 0.1) is 0 Å². The SMILES string of the molecule is Nc1cc(Br)cc(C(=O)O)n1. The van der Waals surface area contributed by atoms with Crippen LogP contribution in [0.15, 0.2) is 16.6 Å². The first kappa shape index (κ1) is 8.00. The summed E-state index contributed by atoms with van der Waals surface area (Å²) in [5.41, 5.74) is 5.23. The van der Waals surface area contributed by atoms with Gasteiger partial charge in [0.05, 0.1) is 0 Å². The summed E-state index contributed by atoms with van der Waals surface area (Å²) in [6.45, 7) is 0. The van der Waals surface area contributed by atoms with E-state index in [2.05, 4.69) is 20.9 Å². The summed E-state index contributed by atoms with van der Waals surface area (Å²) in [6, 6.07) is 2.92. The van der Waals surface area contributed by atoms with Crippen molar-refractivity contribution in [2.24, 2.45) is 0 Å². The quantitative estimate of drug-likeness (QED) is 0.738. The molecule has 0 saturated heterocycles. The third-order valence-corrected chi connectivity index (χ3v) is 1.49. The Balaban J connectivity index is 3.19. The van der Waals surface area contributed by atoms with Crippen LogP contribution in [0.4, 0.5) is 5.82 Å². The van der Waals surface area contributed by atoms with Crippen LogP contribution in [0.5, 0.6) is 0 Å². The van der Waals surface area contributed by atoms with E-state index >= 15 is 0 Å². The summed E-state index contributed by atoms with van der Waals surface area (Å²) in [4.78, 5) is 13.9. The molecule has 0 aliphatic heterocycles. The fourth-order valence-electron chi connectivity index (χ4n) is 0.627. The Morgan fingerprint density at radius 2 is 2.27 bits per heavy atom. The summed E-state index contributed by atoms with van der Waals surface area (Å²) >= 11 is 3.10. The van der Waals surface area contributed by atoms with Crippen LogP contribution in [-0.2, 0) is 0 Å². The van der Waals surface area contributed by atoms with Crippen molar-refractivity contribution >= 4 is 27.7 Å². The van der Waals surface area contributed by atoms with Gasteiger partial charge in [-0.1, -0.05) is 15.9 Å². The van der Waals surface area contributed by atoms with Gasteiger partial charge in [-0.25, -0.2) is 9.78 Å². The number of anilines is 1. The van der Waals surface area contributed by atoms with Crippen molar-refractivity contribution in [3.8, 4) is 0 Å². The zero-order valence-electron chi connectivity index (χ0n) is 5.41. The molecule has 4 nitrogen and oxygen atoms in total. The molecule has 0 atom stereocenters. The van der Waals surface area contributed by atoms with E-state index in [-0.39, 0.29) is 11.5 Å². The minimum absolute atomic E-state index is 0.0584. The second kappa shape index (κ2) is 2.87. The molecule has 1 heterocycles. The molecule has 0 radical (unpaired) electrons. The molecule has 58 valence electrons. The molecule has 1 rings (SSSR count). The van der Waals surface area contributed by atoms with Crippen LogP contribution in [0.2, 0.25) is 0 Å². The van der Waals surface area contributed by atoms with E-state index in [9.17, 15) is 4.79 Å². The maximum Gasteiger partial charge on any atom is 0.354 e. The number of nitrogens with zero attached hydrogens (tertiary/aromatic N) is 1. The Hall–Kier alpha value is -1.10. The van der Waals surface area contributed by atoms with E-state index in [1.165, 1.54) is 12.1 Å². The minimum atomic E-state index is -1.09. The Kier molecular flexibility index (Phi) is 2.09. The van der Waals surface area contributed by atoms with E-state index < -0.39 is 5.97 Å². The van der Waals surface area contributed by atoms with Crippen molar-refractivity contribution in [1.82, 2.24) is 4.98 Å². The molecule has 1 aromatic heterocycles. The Morgan fingerprint density at radius 3 is 2.73 bits per heavy atom. The zero-order valence-corrected chi connectivity index (χ0v) is 7.00. The van der Waals surface area contributed by atoms with Crippen LogP contribution >= 0.6 is 15.9 Å². The number of pyridine rings is 1. The van der Waals surface area contributed by atoms with Gasteiger partial charge in [0.25, 0.3) is 0 Å². The van der Waals surface area contributed by atoms with Crippen molar-refractivity contribution in [3.05, 3.63) is 22.3 Å². The van der Waals surface area contributed by atoms with Gasteiger partial charge in [-0.15, -0.1) is 0 Å². The summed E-state index contributed by atoms with van der Waals surface area (Å²) in [7, 11) is 0. The summed E-state index contributed by atoms with van der Waals surface area (Å²) in [5, 5.41) is 8.49. The highest BCUT2D eigenvalue weighted by Gasteiger charge is 2.05. The highest BCUT2D eigenvalue weighted by Crippen LogP contribution is 2.13.